The minimum absolute atomic E-state index is 0.0399. The number of anilines is 1. The fourth-order valence-corrected chi connectivity index (χ4v) is 5.24. The number of unbranched alkanes of at least 4 members (excludes halogenated alkanes) is 1. The largest absolute Gasteiger partial charge is 0.493 e. The zero-order chi connectivity index (χ0) is 25.1. The highest BCUT2D eigenvalue weighted by molar-refractivity contribution is 6.30. The molecule has 3 aromatic carbocycles. The number of aryl methyl sites for hydroxylation is 1. The van der Waals surface area contributed by atoms with Gasteiger partial charge in [-0.15, -0.1) is 0 Å². The molecule has 4 aromatic rings. The van der Waals surface area contributed by atoms with E-state index in [9.17, 15) is 4.79 Å². The van der Waals surface area contributed by atoms with Gasteiger partial charge in [0.2, 0.25) is 5.91 Å². The molecule has 0 spiro atoms. The topological polar surface area (TPSA) is 47.4 Å². The van der Waals surface area contributed by atoms with Crippen LogP contribution in [0.5, 0.6) is 5.75 Å². The van der Waals surface area contributed by atoms with Gasteiger partial charge in [0.15, 0.2) is 0 Å². The van der Waals surface area contributed by atoms with Crippen LogP contribution in [0.1, 0.15) is 56.3 Å². The zero-order valence-electron chi connectivity index (χ0n) is 20.9. The number of hydrogen-bond acceptors (Lipinski definition) is 3. The van der Waals surface area contributed by atoms with Gasteiger partial charge < -0.3 is 14.2 Å². The Morgan fingerprint density at radius 2 is 1.83 bits per heavy atom. The Balaban J connectivity index is 1.29. The molecular formula is C30H32ClN3O2. The summed E-state index contributed by atoms with van der Waals surface area (Å²) < 4.78 is 8.44. The highest BCUT2D eigenvalue weighted by Gasteiger charge is 2.34. The molecule has 5 nitrogen and oxygen atoms in total. The van der Waals surface area contributed by atoms with E-state index < -0.39 is 0 Å². The maximum atomic E-state index is 12.9. The molecule has 1 aliphatic heterocycles. The van der Waals surface area contributed by atoms with Crippen molar-refractivity contribution in [1.82, 2.24) is 9.55 Å². The Kier molecular flexibility index (Phi) is 7.28. The zero-order valence-corrected chi connectivity index (χ0v) is 21.6. The van der Waals surface area contributed by atoms with Crippen molar-refractivity contribution in [1.29, 1.82) is 0 Å². The lowest BCUT2D eigenvalue weighted by Crippen LogP contribution is -2.24. The molecule has 186 valence electrons. The minimum atomic E-state index is 0.0399. The normalized spacial score (nSPS) is 15.8. The number of benzene rings is 3. The highest BCUT2D eigenvalue weighted by atomic mass is 35.5. The maximum absolute atomic E-state index is 12.9. The number of hydrogen-bond donors (Lipinski definition) is 0. The van der Waals surface area contributed by atoms with Crippen LogP contribution >= 0.6 is 11.6 Å². The summed E-state index contributed by atoms with van der Waals surface area (Å²) in [5.74, 6) is 2.55. The van der Waals surface area contributed by atoms with E-state index in [4.69, 9.17) is 21.3 Å². The summed E-state index contributed by atoms with van der Waals surface area (Å²) in [6.45, 7) is 6.50. The number of rotatable bonds is 9. The second kappa shape index (κ2) is 10.8. The Hall–Kier alpha value is -3.31. The second-order valence-electron chi connectivity index (χ2n) is 9.74. The molecule has 1 atom stereocenters. The van der Waals surface area contributed by atoms with Gasteiger partial charge in [-0.2, -0.15) is 0 Å². The van der Waals surface area contributed by atoms with Crippen LogP contribution < -0.4 is 9.64 Å². The third-order valence-electron chi connectivity index (χ3n) is 6.87. The summed E-state index contributed by atoms with van der Waals surface area (Å²) in [6, 6.07) is 24.0. The number of carbonyl (C=O) groups excluding carboxylic acids is 1. The van der Waals surface area contributed by atoms with Crippen LogP contribution in [-0.4, -0.2) is 28.6 Å². The Bertz CT molecular complexity index is 1360. The van der Waals surface area contributed by atoms with Gasteiger partial charge in [-0.25, -0.2) is 4.98 Å². The van der Waals surface area contributed by atoms with Crippen molar-refractivity contribution in [3.63, 3.8) is 0 Å². The molecule has 5 rings (SSSR count). The summed E-state index contributed by atoms with van der Waals surface area (Å²) in [5, 5.41) is 0.634. The van der Waals surface area contributed by atoms with Gasteiger partial charge >= 0.3 is 0 Å². The first kappa shape index (κ1) is 24.4. The average Bonchev–Trinajstić information content (AvgIpc) is 3.44. The van der Waals surface area contributed by atoms with E-state index in [-0.39, 0.29) is 11.8 Å². The monoisotopic (exact) mass is 501 g/mol. The molecule has 1 saturated heterocycles. The summed E-state index contributed by atoms with van der Waals surface area (Å²) in [7, 11) is 0. The average molecular weight is 502 g/mol. The first-order valence-electron chi connectivity index (χ1n) is 12.7. The van der Waals surface area contributed by atoms with Crippen LogP contribution in [0.2, 0.25) is 5.02 Å². The Morgan fingerprint density at radius 3 is 2.67 bits per heavy atom. The number of carbonyl (C=O) groups is 1. The lowest BCUT2D eigenvalue weighted by atomic mass is 10.0. The van der Waals surface area contributed by atoms with Gasteiger partial charge in [-0.1, -0.05) is 61.8 Å². The van der Waals surface area contributed by atoms with Crippen LogP contribution in [0.25, 0.3) is 11.0 Å². The molecule has 0 saturated carbocycles. The number of halogens is 1. The van der Waals surface area contributed by atoms with Crippen LogP contribution in [0.3, 0.4) is 0 Å². The number of amides is 1. The van der Waals surface area contributed by atoms with Gasteiger partial charge in [0.1, 0.15) is 11.6 Å². The number of fused-ring (bicyclic) bond motifs is 1. The smallest absolute Gasteiger partial charge is 0.227 e. The van der Waals surface area contributed by atoms with Gasteiger partial charge in [0.25, 0.3) is 0 Å². The Morgan fingerprint density at radius 1 is 1.03 bits per heavy atom. The van der Waals surface area contributed by atoms with E-state index in [0.717, 1.165) is 47.7 Å². The molecule has 0 aliphatic carbocycles. The molecule has 0 N–H and O–H groups in total. The number of ether oxygens (including phenoxy) is 1. The predicted octanol–water partition coefficient (Wildman–Crippen LogP) is 7.19. The van der Waals surface area contributed by atoms with E-state index in [0.29, 0.717) is 30.5 Å². The SMILES string of the molecule is CC(C)c1ccccc1OCCCCn1c(C2CC(=O)N(c3cccc(Cl)c3)C2)nc2ccccc21. The third kappa shape index (κ3) is 5.12. The van der Waals surface area contributed by atoms with Crippen LogP contribution in [0, 0.1) is 0 Å². The van der Waals surface area contributed by atoms with Crippen molar-refractivity contribution < 1.29 is 9.53 Å². The van der Waals surface area contributed by atoms with Crippen molar-refractivity contribution in [2.75, 3.05) is 18.1 Å². The molecule has 1 aromatic heterocycles. The number of aromatic nitrogens is 2. The first-order chi connectivity index (χ1) is 17.5. The molecule has 0 bridgehead atoms. The third-order valence-corrected chi connectivity index (χ3v) is 7.10. The van der Waals surface area contributed by atoms with Crippen molar-refractivity contribution in [2.45, 2.75) is 51.5 Å². The van der Waals surface area contributed by atoms with Gasteiger partial charge in [-0.05, 0) is 60.7 Å². The van der Waals surface area contributed by atoms with Gasteiger partial charge in [0, 0.05) is 36.1 Å². The van der Waals surface area contributed by atoms with E-state index in [1.807, 2.05) is 53.4 Å². The molecule has 6 heteroatoms. The van der Waals surface area contributed by atoms with Crippen molar-refractivity contribution in [3.05, 3.63) is 89.2 Å². The number of imidazole rings is 1. The maximum Gasteiger partial charge on any atom is 0.227 e. The molecular weight excluding hydrogens is 470 g/mol. The van der Waals surface area contributed by atoms with E-state index in [1.54, 1.807) is 0 Å². The van der Waals surface area contributed by atoms with E-state index >= 15 is 0 Å². The van der Waals surface area contributed by atoms with E-state index in [1.165, 1.54) is 5.56 Å². The molecule has 1 amide bonds. The Labute approximate surface area is 217 Å². The van der Waals surface area contributed by atoms with Gasteiger partial charge in [0.05, 0.1) is 17.6 Å². The first-order valence-corrected chi connectivity index (χ1v) is 13.1. The van der Waals surface area contributed by atoms with Crippen LogP contribution in [-0.2, 0) is 11.3 Å². The number of para-hydroxylation sites is 3. The standard InChI is InChI=1S/C30H32ClN3O2/c1-21(2)25-12-3-6-15-28(25)36-17-8-7-16-33-27-14-5-4-13-26(27)32-30(33)22-18-29(35)34(20-22)24-11-9-10-23(31)19-24/h3-6,9-15,19,21-22H,7-8,16-18,20H2,1-2H3. The lowest BCUT2D eigenvalue weighted by molar-refractivity contribution is -0.117. The molecule has 1 fully saturated rings. The summed E-state index contributed by atoms with van der Waals surface area (Å²) in [5.41, 5.74) is 4.18. The van der Waals surface area contributed by atoms with Crippen LogP contribution in [0.4, 0.5) is 5.69 Å². The highest BCUT2D eigenvalue weighted by Crippen LogP contribution is 2.34. The molecule has 36 heavy (non-hydrogen) atoms. The van der Waals surface area contributed by atoms with Crippen molar-refractivity contribution >= 4 is 34.2 Å². The fourth-order valence-electron chi connectivity index (χ4n) is 5.06. The fraction of sp³-hybridized carbons (Fsp3) is 0.333. The quantitative estimate of drug-likeness (QED) is 0.228. The second-order valence-corrected chi connectivity index (χ2v) is 10.2. The van der Waals surface area contributed by atoms with Crippen molar-refractivity contribution in [2.24, 2.45) is 0 Å². The lowest BCUT2D eigenvalue weighted by Gasteiger charge is -2.18. The summed E-state index contributed by atoms with van der Waals surface area (Å²) in [6.07, 6.45) is 2.36. The number of nitrogens with zero attached hydrogens (tertiary/aromatic N) is 3. The summed E-state index contributed by atoms with van der Waals surface area (Å²) >= 11 is 6.18. The molecule has 1 aliphatic rings. The minimum Gasteiger partial charge on any atom is -0.493 e. The predicted molar refractivity (Wildman–Crippen MR) is 146 cm³/mol. The molecule has 2 heterocycles. The molecule has 0 radical (unpaired) electrons. The molecule has 1 unspecified atom stereocenters. The summed E-state index contributed by atoms with van der Waals surface area (Å²) in [4.78, 5) is 19.7. The van der Waals surface area contributed by atoms with E-state index in [2.05, 4.69) is 42.7 Å². The van der Waals surface area contributed by atoms with Crippen LogP contribution in [0.15, 0.2) is 72.8 Å². The van der Waals surface area contributed by atoms with Gasteiger partial charge in [-0.3, -0.25) is 4.79 Å². The van der Waals surface area contributed by atoms with Crippen molar-refractivity contribution in [3.8, 4) is 5.75 Å².